The van der Waals surface area contributed by atoms with Crippen LogP contribution in [0.25, 0.3) is 0 Å². The highest BCUT2D eigenvalue weighted by Gasteiger charge is 2.31. The van der Waals surface area contributed by atoms with Crippen LogP contribution in [0.1, 0.15) is 0 Å². The van der Waals surface area contributed by atoms with Gasteiger partial charge in [0.2, 0.25) is 0 Å². The highest BCUT2D eigenvalue weighted by molar-refractivity contribution is 9.10. The molecule has 1 rings (SSSR count). The van der Waals surface area contributed by atoms with Crippen molar-refractivity contribution >= 4 is 15.9 Å². The molecule has 0 radical (unpaired) electrons. The minimum Gasteiger partial charge on any atom is -0.236 e. The van der Waals surface area contributed by atoms with Gasteiger partial charge in [-0.15, -0.1) is 13.2 Å². The van der Waals surface area contributed by atoms with Gasteiger partial charge in [-0.1, -0.05) is 0 Å². The smallest absolute Gasteiger partial charge is 0.236 e. The van der Waals surface area contributed by atoms with Crippen LogP contribution in [0.15, 0.2) is 17.1 Å². The first-order valence-corrected chi connectivity index (χ1v) is 3.07. The summed E-state index contributed by atoms with van der Waals surface area (Å²) in [5.74, 6) is 0. The van der Waals surface area contributed by atoms with Gasteiger partial charge in [-0.3, -0.25) is 0 Å². The number of rotatable bonds is 0. The van der Waals surface area contributed by atoms with Crippen LogP contribution in [0.5, 0.6) is 0 Å². The Hall–Kier alpha value is -0.520. The maximum Gasteiger partial charge on any atom is 0.490 e. The molecule has 6 heteroatoms. The molecule has 0 saturated heterocycles. The van der Waals surface area contributed by atoms with Crippen molar-refractivity contribution < 1.29 is 13.2 Å². The van der Waals surface area contributed by atoms with Crippen LogP contribution in [-0.4, -0.2) is 9.55 Å². The van der Waals surface area contributed by atoms with Gasteiger partial charge in [0.25, 0.3) is 0 Å². The first-order chi connectivity index (χ1) is 4.52. The van der Waals surface area contributed by atoms with Crippen LogP contribution in [0.2, 0.25) is 0 Å². The molecule has 0 fully saturated rings. The fourth-order valence-electron chi connectivity index (χ4n) is 0.474. The maximum absolute atomic E-state index is 11.8. The summed E-state index contributed by atoms with van der Waals surface area (Å²) in [6, 6.07) is 0. The summed E-state index contributed by atoms with van der Waals surface area (Å²) in [6.45, 7) is 0. The second-order valence-electron chi connectivity index (χ2n) is 1.53. The SMILES string of the molecule is FC(F)(F)n1ccnc1Br. The lowest BCUT2D eigenvalue weighted by Crippen LogP contribution is -2.15. The third-order valence-corrected chi connectivity index (χ3v) is 1.46. The molecule has 0 unspecified atom stereocenters. The molecule has 0 amide bonds. The van der Waals surface area contributed by atoms with Crippen molar-refractivity contribution in [3.63, 3.8) is 0 Å². The van der Waals surface area contributed by atoms with E-state index in [0.717, 1.165) is 12.4 Å². The van der Waals surface area contributed by atoms with Crippen LogP contribution in [0, 0.1) is 0 Å². The maximum atomic E-state index is 11.8. The average molecular weight is 215 g/mol. The third kappa shape index (κ3) is 1.31. The summed E-state index contributed by atoms with van der Waals surface area (Å²) >= 11 is 2.63. The molecule has 2 nitrogen and oxygen atoms in total. The Morgan fingerprint density at radius 2 is 2.10 bits per heavy atom. The van der Waals surface area contributed by atoms with E-state index in [-0.39, 0.29) is 9.30 Å². The molecule has 10 heavy (non-hydrogen) atoms. The van der Waals surface area contributed by atoms with Crippen molar-refractivity contribution in [2.24, 2.45) is 0 Å². The van der Waals surface area contributed by atoms with Gasteiger partial charge >= 0.3 is 6.30 Å². The van der Waals surface area contributed by atoms with E-state index in [2.05, 4.69) is 20.9 Å². The second kappa shape index (κ2) is 2.26. The molecule has 1 aromatic rings. The molecule has 0 aromatic carbocycles. The molecule has 0 saturated carbocycles. The van der Waals surface area contributed by atoms with E-state index in [1.165, 1.54) is 0 Å². The van der Waals surface area contributed by atoms with Crippen molar-refractivity contribution in [2.75, 3.05) is 0 Å². The lowest BCUT2D eigenvalue weighted by Gasteiger charge is -2.06. The van der Waals surface area contributed by atoms with Crippen LogP contribution >= 0.6 is 15.9 Å². The van der Waals surface area contributed by atoms with E-state index in [4.69, 9.17) is 0 Å². The van der Waals surface area contributed by atoms with E-state index >= 15 is 0 Å². The summed E-state index contributed by atoms with van der Waals surface area (Å²) in [5, 5.41) is 0. The molecule has 0 atom stereocenters. The van der Waals surface area contributed by atoms with Crippen LogP contribution in [0.3, 0.4) is 0 Å². The largest absolute Gasteiger partial charge is 0.490 e. The Bertz CT molecular complexity index is 229. The molecule has 0 spiro atoms. The number of halogens is 4. The minimum absolute atomic E-state index is 0.0764. The molecule has 1 heterocycles. The molecule has 0 aliphatic heterocycles. The lowest BCUT2D eigenvalue weighted by molar-refractivity contribution is -0.205. The Balaban J connectivity index is 3.05. The quantitative estimate of drug-likeness (QED) is 0.647. The average Bonchev–Trinajstić information content (AvgIpc) is 2.11. The molecule has 0 aliphatic rings. The number of hydrogen-bond acceptors (Lipinski definition) is 1. The van der Waals surface area contributed by atoms with E-state index in [9.17, 15) is 13.2 Å². The monoisotopic (exact) mass is 214 g/mol. The van der Waals surface area contributed by atoms with Gasteiger partial charge < -0.3 is 0 Å². The fourth-order valence-corrected chi connectivity index (χ4v) is 0.912. The number of nitrogens with zero attached hydrogens (tertiary/aromatic N) is 2. The van der Waals surface area contributed by atoms with Crippen molar-refractivity contribution in [2.45, 2.75) is 6.30 Å². The number of hydrogen-bond donors (Lipinski definition) is 0. The zero-order valence-electron chi connectivity index (χ0n) is 4.56. The highest BCUT2D eigenvalue weighted by atomic mass is 79.9. The first kappa shape index (κ1) is 7.59. The molecule has 0 N–H and O–H groups in total. The van der Waals surface area contributed by atoms with E-state index in [1.807, 2.05) is 0 Å². The summed E-state index contributed by atoms with van der Waals surface area (Å²) < 4.78 is 35.2. The van der Waals surface area contributed by atoms with Crippen molar-refractivity contribution in [3.05, 3.63) is 17.1 Å². The normalized spacial score (nSPS) is 12.0. The van der Waals surface area contributed by atoms with Gasteiger partial charge in [0.15, 0.2) is 4.73 Å². The third-order valence-electron chi connectivity index (χ3n) is 0.869. The van der Waals surface area contributed by atoms with Gasteiger partial charge in [0.1, 0.15) is 0 Å². The van der Waals surface area contributed by atoms with Crippen LogP contribution < -0.4 is 0 Å². The van der Waals surface area contributed by atoms with Crippen molar-refractivity contribution in [3.8, 4) is 0 Å². The van der Waals surface area contributed by atoms with Gasteiger partial charge in [0.05, 0.1) is 0 Å². The molecule has 56 valence electrons. The molecular weight excluding hydrogens is 213 g/mol. The lowest BCUT2D eigenvalue weighted by atomic mass is 10.9. The Morgan fingerprint density at radius 3 is 2.30 bits per heavy atom. The molecule has 0 aliphatic carbocycles. The summed E-state index contributed by atoms with van der Waals surface area (Å²) in [6.07, 6.45) is -2.48. The van der Waals surface area contributed by atoms with Gasteiger partial charge in [-0.25, -0.2) is 9.55 Å². The van der Waals surface area contributed by atoms with Crippen LogP contribution in [0.4, 0.5) is 13.2 Å². The predicted octanol–water partition coefficient (Wildman–Crippen LogP) is 2.12. The Kier molecular flexibility index (Phi) is 1.72. The van der Waals surface area contributed by atoms with Crippen molar-refractivity contribution in [1.82, 2.24) is 9.55 Å². The first-order valence-electron chi connectivity index (χ1n) is 2.28. The topological polar surface area (TPSA) is 17.8 Å². The Labute approximate surface area is 62.8 Å². The van der Waals surface area contributed by atoms with Gasteiger partial charge in [-0.05, 0) is 15.9 Å². The summed E-state index contributed by atoms with van der Waals surface area (Å²) in [7, 11) is 0. The number of aromatic nitrogens is 2. The minimum atomic E-state index is -4.38. The fraction of sp³-hybridized carbons (Fsp3) is 0.250. The molecule has 1 aromatic heterocycles. The Morgan fingerprint density at radius 1 is 1.50 bits per heavy atom. The molecular formula is C4H2BrF3N2. The second-order valence-corrected chi connectivity index (χ2v) is 2.24. The highest BCUT2D eigenvalue weighted by Crippen LogP contribution is 2.25. The molecule has 0 bridgehead atoms. The van der Waals surface area contributed by atoms with Gasteiger partial charge in [-0.2, -0.15) is 0 Å². The zero-order valence-corrected chi connectivity index (χ0v) is 6.15. The zero-order chi connectivity index (χ0) is 7.78. The van der Waals surface area contributed by atoms with E-state index in [0.29, 0.717) is 0 Å². The standard InChI is InChI=1S/C4H2BrF3N2/c5-3-9-1-2-10(3)4(6,7)8/h1-2H. The van der Waals surface area contributed by atoms with E-state index in [1.54, 1.807) is 0 Å². The summed E-state index contributed by atoms with van der Waals surface area (Å²) in [5.41, 5.74) is 0. The van der Waals surface area contributed by atoms with Crippen molar-refractivity contribution in [1.29, 1.82) is 0 Å². The predicted molar refractivity (Wildman–Crippen MR) is 31.2 cm³/mol. The summed E-state index contributed by atoms with van der Waals surface area (Å²) in [4.78, 5) is 3.34. The number of imidazole rings is 1. The van der Waals surface area contributed by atoms with Crippen LogP contribution in [-0.2, 0) is 6.30 Å². The van der Waals surface area contributed by atoms with E-state index < -0.39 is 6.30 Å². The number of alkyl halides is 3. The van der Waals surface area contributed by atoms with Gasteiger partial charge in [0, 0.05) is 12.4 Å².